The fourth-order valence-corrected chi connectivity index (χ4v) is 2.33. The third-order valence-electron chi connectivity index (χ3n) is 3.96. The second-order valence-corrected chi connectivity index (χ2v) is 6.38. The zero-order valence-corrected chi connectivity index (χ0v) is 16.0. The van der Waals surface area contributed by atoms with Crippen molar-refractivity contribution in [3.8, 4) is 0 Å². The van der Waals surface area contributed by atoms with E-state index in [-0.39, 0.29) is 0 Å². The largest absolute Gasteiger partial charge is 0.368 e. The average molecular weight is 347 g/mol. The maximum absolute atomic E-state index is 10.8. The number of nitrogens with two attached hydrogens (primary N) is 2. The fraction of sp³-hybridized carbons (Fsp3) is 0.591. The van der Waals surface area contributed by atoms with Crippen LogP contribution in [0.4, 0.5) is 0 Å². The summed E-state index contributed by atoms with van der Waals surface area (Å²) in [6.45, 7) is 2.24. The van der Waals surface area contributed by atoms with Crippen molar-refractivity contribution < 1.29 is 4.79 Å². The van der Waals surface area contributed by atoms with Gasteiger partial charge in [-0.15, -0.1) is 0 Å². The van der Waals surface area contributed by atoms with Gasteiger partial charge in [0.05, 0.1) is 6.04 Å². The molecular weight excluding hydrogens is 308 g/mol. The molecule has 0 aromatic rings. The Bertz CT molecular complexity index is 422. The van der Waals surface area contributed by atoms with Crippen LogP contribution in [0.5, 0.6) is 0 Å². The second-order valence-electron chi connectivity index (χ2n) is 6.38. The van der Waals surface area contributed by atoms with Crippen LogP contribution in [0.15, 0.2) is 48.6 Å². The minimum atomic E-state index is -0.489. The van der Waals surface area contributed by atoms with Crippen LogP contribution in [-0.4, -0.2) is 11.9 Å². The van der Waals surface area contributed by atoms with Gasteiger partial charge < -0.3 is 11.5 Å². The Labute approximate surface area is 154 Å². The van der Waals surface area contributed by atoms with Gasteiger partial charge in [0.25, 0.3) is 0 Å². The summed E-state index contributed by atoms with van der Waals surface area (Å²) in [6, 6.07) is -0.489. The van der Waals surface area contributed by atoms with E-state index in [1.54, 1.807) is 0 Å². The molecule has 1 amide bonds. The van der Waals surface area contributed by atoms with Gasteiger partial charge in [-0.25, -0.2) is 0 Å². The lowest BCUT2D eigenvalue weighted by molar-refractivity contribution is -0.119. The normalized spacial score (nSPS) is 13.7. The van der Waals surface area contributed by atoms with E-state index in [0.29, 0.717) is 6.42 Å². The van der Waals surface area contributed by atoms with Crippen molar-refractivity contribution in [2.24, 2.45) is 11.5 Å². The number of hydrogen-bond donors (Lipinski definition) is 2. The van der Waals surface area contributed by atoms with Crippen molar-refractivity contribution in [3.05, 3.63) is 48.6 Å². The molecule has 3 nitrogen and oxygen atoms in total. The number of hydrogen-bond acceptors (Lipinski definition) is 2. The van der Waals surface area contributed by atoms with Crippen LogP contribution in [0.3, 0.4) is 0 Å². The predicted molar refractivity (Wildman–Crippen MR) is 110 cm³/mol. The van der Waals surface area contributed by atoms with Crippen molar-refractivity contribution in [2.45, 2.75) is 83.6 Å². The first kappa shape index (κ1) is 23.4. The third-order valence-corrected chi connectivity index (χ3v) is 3.96. The number of carbonyl (C=O) groups is 1. The summed E-state index contributed by atoms with van der Waals surface area (Å²) >= 11 is 0. The molecule has 1 atom stereocenters. The van der Waals surface area contributed by atoms with Crippen molar-refractivity contribution in [3.63, 3.8) is 0 Å². The second kappa shape index (κ2) is 18.7. The average Bonchev–Trinajstić information content (AvgIpc) is 2.60. The molecule has 0 aromatic heterocycles. The highest BCUT2D eigenvalue weighted by Gasteiger charge is 2.06. The Morgan fingerprint density at radius 2 is 1.20 bits per heavy atom. The lowest BCUT2D eigenvalue weighted by Crippen LogP contribution is -2.36. The minimum Gasteiger partial charge on any atom is -0.368 e. The summed E-state index contributed by atoms with van der Waals surface area (Å²) in [5.74, 6) is -0.405. The van der Waals surface area contributed by atoms with Gasteiger partial charge in [-0.1, -0.05) is 74.8 Å². The highest BCUT2D eigenvalue weighted by Crippen LogP contribution is 2.04. The zero-order chi connectivity index (χ0) is 18.6. The van der Waals surface area contributed by atoms with E-state index in [9.17, 15) is 4.79 Å². The standard InChI is InChI=1S/C22H38N2O/c1-2-3-4-5-6-7-8-9-10-11-12-13-14-15-16-17-18-19-20-21(23)22(24)25/h6-7,9-10,12-13,15-16,21H,2-5,8,11,14,17-20,23H2,1H3,(H2,24,25)/b7-6-,10-9-,13-12-,16-15-. The van der Waals surface area contributed by atoms with E-state index in [1.807, 2.05) is 0 Å². The van der Waals surface area contributed by atoms with Crippen LogP contribution in [0.25, 0.3) is 0 Å². The Morgan fingerprint density at radius 3 is 1.64 bits per heavy atom. The Kier molecular flexibility index (Phi) is 17.5. The summed E-state index contributed by atoms with van der Waals surface area (Å²) < 4.78 is 0. The molecular formula is C22H38N2O. The minimum absolute atomic E-state index is 0.405. The molecule has 25 heavy (non-hydrogen) atoms. The predicted octanol–water partition coefficient (Wildman–Crippen LogP) is 5.33. The van der Waals surface area contributed by atoms with Gasteiger partial charge in [-0.05, 0) is 51.4 Å². The molecule has 0 bridgehead atoms. The zero-order valence-electron chi connectivity index (χ0n) is 16.0. The van der Waals surface area contributed by atoms with Gasteiger partial charge in [0.1, 0.15) is 0 Å². The first-order valence-electron chi connectivity index (χ1n) is 9.83. The molecule has 0 aromatic carbocycles. The number of carbonyl (C=O) groups excluding carboxylic acids is 1. The number of allylic oxidation sites excluding steroid dienone is 8. The first-order chi connectivity index (χ1) is 12.2. The van der Waals surface area contributed by atoms with Gasteiger partial charge in [0.15, 0.2) is 0 Å². The molecule has 0 aliphatic heterocycles. The molecule has 1 unspecified atom stereocenters. The monoisotopic (exact) mass is 346 g/mol. The molecule has 0 aliphatic rings. The Balaban J connectivity index is 3.44. The third kappa shape index (κ3) is 18.6. The van der Waals surface area contributed by atoms with E-state index in [4.69, 9.17) is 11.5 Å². The molecule has 0 radical (unpaired) electrons. The van der Waals surface area contributed by atoms with E-state index in [1.165, 1.54) is 25.7 Å². The molecule has 3 heteroatoms. The topological polar surface area (TPSA) is 69.1 Å². The van der Waals surface area contributed by atoms with E-state index < -0.39 is 11.9 Å². The molecule has 4 N–H and O–H groups in total. The Morgan fingerprint density at radius 1 is 0.760 bits per heavy atom. The van der Waals surface area contributed by atoms with E-state index >= 15 is 0 Å². The maximum atomic E-state index is 10.8. The van der Waals surface area contributed by atoms with Gasteiger partial charge in [0, 0.05) is 0 Å². The van der Waals surface area contributed by atoms with E-state index in [0.717, 1.165) is 38.5 Å². The quantitative estimate of drug-likeness (QED) is 0.293. The highest BCUT2D eigenvalue weighted by molar-refractivity contribution is 5.79. The van der Waals surface area contributed by atoms with E-state index in [2.05, 4.69) is 55.5 Å². The van der Waals surface area contributed by atoms with Crippen molar-refractivity contribution >= 4 is 5.91 Å². The summed E-state index contributed by atoms with van der Waals surface area (Å²) in [5, 5.41) is 0. The molecule has 0 aliphatic carbocycles. The molecule has 0 saturated carbocycles. The summed E-state index contributed by atoms with van der Waals surface area (Å²) in [6.07, 6.45) is 29.7. The molecule has 0 rings (SSSR count). The van der Waals surface area contributed by atoms with Crippen LogP contribution < -0.4 is 11.5 Å². The Hall–Kier alpha value is -1.61. The van der Waals surface area contributed by atoms with Crippen LogP contribution in [0, 0.1) is 0 Å². The first-order valence-corrected chi connectivity index (χ1v) is 9.83. The van der Waals surface area contributed by atoms with Crippen molar-refractivity contribution in [1.82, 2.24) is 0 Å². The van der Waals surface area contributed by atoms with Crippen LogP contribution >= 0.6 is 0 Å². The lowest BCUT2D eigenvalue weighted by Gasteiger charge is -2.05. The number of amides is 1. The van der Waals surface area contributed by atoms with Gasteiger partial charge in [0.2, 0.25) is 5.91 Å². The summed E-state index contributed by atoms with van der Waals surface area (Å²) in [4.78, 5) is 10.8. The highest BCUT2D eigenvalue weighted by atomic mass is 16.1. The molecule has 0 fully saturated rings. The maximum Gasteiger partial charge on any atom is 0.234 e. The smallest absolute Gasteiger partial charge is 0.234 e. The van der Waals surface area contributed by atoms with Crippen molar-refractivity contribution in [2.75, 3.05) is 0 Å². The fourth-order valence-electron chi connectivity index (χ4n) is 2.33. The summed E-state index contributed by atoms with van der Waals surface area (Å²) in [7, 11) is 0. The number of rotatable bonds is 16. The van der Waals surface area contributed by atoms with Gasteiger partial charge >= 0.3 is 0 Å². The van der Waals surface area contributed by atoms with Gasteiger partial charge in [-0.2, -0.15) is 0 Å². The van der Waals surface area contributed by atoms with Crippen LogP contribution in [-0.2, 0) is 4.79 Å². The van der Waals surface area contributed by atoms with Crippen LogP contribution in [0.1, 0.15) is 77.6 Å². The lowest BCUT2D eigenvalue weighted by atomic mass is 10.1. The number of unbranched alkanes of at least 4 members (excludes halogenated alkanes) is 5. The molecule has 0 saturated heterocycles. The SMILES string of the molecule is CCCCC/C=C\C/C=C\C/C=C\C/C=C\CCCCC(N)C(N)=O. The molecule has 0 spiro atoms. The number of primary amides is 1. The molecule has 0 heterocycles. The summed E-state index contributed by atoms with van der Waals surface area (Å²) in [5.41, 5.74) is 10.7. The molecule has 142 valence electrons. The van der Waals surface area contributed by atoms with Gasteiger partial charge in [-0.3, -0.25) is 4.79 Å². The van der Waals surface area contributed by atoms with Crippen LogP contribution in [0.2, 0.25) is 0 Å². The van der Waals surface area contributed by atoms with Crippen molar-refractivity contribution in [1.29, 1.82) is 0 Å².